The van der Waals surface area contributed by atoms with Gasteiger partial charge in [0.1, 0.15) is 17.2 Å². The summed E-state index contributed by atoms with van der Waals surface area (Å²) >= 11 is 0. The van der Waals surface area contributed by atoms with Crippen LogP contribution < -0.4 is 14.2 Å². The van der Waals surface area contributed by atoms with Gasteiger partial charge in [-0.1, -0.05) is 60.7 Å². The maximum atomic E-state index is 13.8. The molecule has 0 saturated heterocycles. The molecule has 0 N–H and O–H groups in total. The van der Waals surface area contributed by atoms with Crippen LogP contribution in [0.4, 0.5) is 0 Å². The van der Waals surface area contributed by atoms with Gasteiger partial charge in [-0.05, 0) is 77.8 Å². The number of amides is 1. The Bertz CT molecular complexity index is 1570. The maximum Gasteiger partial charge on any atom is 0.281 e. The van der Waals surface area contributed by atoms with Crippen LogP contribution in [0.15, 0.2) is 102 Å². The van der Waals surface area contributed by atoms with E-state index in [4.69, 9.17) is 19.3 Å². The Kier molecular flexibility index (Phi) is 7.23. The summed E-state index contributed by atoms with van der Waals surface area (Å²) in [4.78, 5) is 13.8. The van der Waals surface area contributed by atoms with E-state index in [2.05, 4.69) is 6.08 Å². The fourth-order valence-electron chi connectivity index (χ4n) is 5.77. The van der Waals surface area contributed by atoms with Crippen LogP contribution in [-0.4, -0.2) is 37.5 Å². The standard InChI is InChI=1S/C34H32N2O4/c1-38-27-17-13-23(14-18-27)21-26-9-5-11-30-33(26)35-36(34(30)25-15-19-28(39-2)20-16-25)32(37)22-40-31-12-6-8-24-7-3-4-10-29(24)31/h3-4,6-8,10,12-21,30,34H,5,9,11,22H2,1-2H3/b26-21+/t30-,34-/m1/s1. The minimum Gasteiger partial charge on any atom is -0.497 e. The normalized spacial score (nSPS) is 19.3. The lowest BCUT2D eigenvalue weighted by molar-refractivity contribution is -0.135. The van der Waals surface area contributed by atoms with Crippen LogP contribution in [0.5, 0.6) is 17.2 Å². The number of fused-ring (bicyclic) bond motifs is 2. The summed E-state index contributed by atoms with van der Waals surface area (Å²) in [6.45, 7) is -0.0955. The van der Waals surface area contributed by atoms with Gasteiger partial charge in [0.2, 0.25) is 0 Å². The van der Waals surface area contributed by atoms with E-state index in [-0.39, 0.29) is 24.5 Å². The number of rotatable bonds is 7. The van der Waals surface area contributed by atoms with E-state index in [0.717, 1.165) is 58.4 Å². The second-order valence-corrected chi connectivity index (χ2v) is 10.1. The molecule has 0 aromatic heterocycles. The van der Waals surface area contributed by atoms with Crippen molar-refractivity contribution < 1.29 is 19.0 Å². The molecule has 0 radical (unpaired) electrons. The highest BCUT2D eigenvalue weighted by Crippen LogP contribution is 2.44. The third-order valence-electron chi connectivity index (χ3n) is 7.77. The topological polar surface area (TPSA) is 60.4 Å². The lowest BCUT2D eigenvalue weighted by Crippen LogP contribution is -2.34. The second kappa shape index (κ2) is 11.3. The summed E-state index contributed by atoms with van der Waals surface area (Å²) in [6.07, 6.45) is 5.11. The molecule has 1 heterocycles. The number of allylic oxidation sites excluding steroid dienone is 1. The van der Waals surface area contributed by atoms with Crippen LogP contribution >= 0.6 is 0 Å². The van der Waals surface area contributed by atoms with E-state index in [1.807, 2.05) is 91.0 Å². The van der Waals surface area contributed by atoms with Crippen LogP contribution in [0.1, 0.15) is 36.4 Å². The lowest BCUT2D eigenvalue weighted by Gasteiger charge is -2.29. The molecule has 0 spiro atoms. The first-order valence-corrected chi connectivity index (χ1v) is 13.6. The summed E-state index contributed by atoms with van der Waals surface area (Å²) in [7, 11) is 3.32. The highest BCUT2D eigenvalue weighted by atomic mass is 16.5. The average Bonchev–Trinajstić information content (AvgIpc) is 3.41. The molecule has 2 atom stereocenters. The van der Waals surface area contributed by atoms with Crippen LogP contribution in [0, 0.1) is 5.92 Å². The SMILES string of the molecule is COc1ccc(/C=C2\CCC[C@@H]3C2=NN(C(=O)COc2cccc4ccccc24)[C@@H]3c2ccc(OC)cc2)cc1. The minimum atomic E-state index is -0.205. The highest BCUT2D eigenvalue weighted by Gasteiger charge is 2.43. The highest BCUT2D eigenvalue weighted by molar-refractivity contribution is 6.08. The van der Waals surface area contributed by atoms with Gasteiger partial charge in [0.05, 0.1) is 26.0 Å². The molecular weight excluding hydrogens is 500 g/mol. The van der Waals surface area contributed by atoms with Crippen molar-refractivity contribution in [3.8, 4) is 17.2 Å². The number of carbonyl (C=O) groups excluding carboxylic acids is 1. The van der Waals surface area contributed by atoms with Crippen LogP contribution in [-0.2, 0) is 4.79 Å². The van der Waals surface area contributed by atoms with E-state index in [1.165, 1.54) is 5.57 Å². The number of hydrogen-bond donors (Lipinski definition) is 0. The number of hydrogen-bond acceptors (Lipinski definition) is 5. The van der Waals surface area contributed by atoms with Gasteiger partial charge in [-0.3, -0.25) is 4.79 Å². The van der Waals surface area contributed by atoms with E-state index in [1.54, 1.807) is 19.2 Å². The molecule has 0 unspecified atom stereocenters. The number of ether oxygens (including phenoxy) is 3. The van der Waals surface area contributed by atoms with Crippen molar-refractivity contribution in [3.05, 3.63) is 108 Å². The molecule has 1 amide bonds. The van der Waals surface area contributed by atoms with Crippen LogP contribution in [0.25, 0.3) is 16.8 Å². The first-order chi connectivity index (χ1) is 19.6. The number of nitrogens with zero attached hydrogens (tertiary/aromatic N) is 2. The zero-order chi connectivity index (χ0) is 27.5. The van der Waals surface area contributed by atoms with Gasteiger partial charge in [-0.2, -0.15) is 5.10 Å². The average molecular weight is 533 g/mol. The molecule has 4 aromatic carbocycles. The Hall–Kier alpha value is -4.58. The number of hydrazone groups is 1. The fourth-order valence-corrected chi connectivity index (χ4v) is 5.77. The largest absolute Gasteiger partial charge is 0.497 e. The van der Waals surface area contributed by atoms with E-state index in [9.17, 15) is 4.79 Å². The smallest absolute Gasteiger partial charge is 0.281 e. The van der Waals surface area contributed by atoms with Gasteiger partial charge in [-0.25, -0.2) is 5.01 Å². The molecule has 1 aliphatic heterocycles. The molecule has 1 saturated carbocycles. The van der Waals surface area contributed by atoms with E-state index < -0.39 is 0 Å². The molecule has 6 nitrogen and oxygen atoms in total. The van der Waals surface area contributed by atoms with E-state index in [0.29, 0.717) is 5.75 Å². The van der Waals surface area contributed by atoms with Crippen LogP contribution in [0.2, 0.25) is 0 Å². The number of methoxy groups -OCH3 is 2. The summed E-state index contributed by atoms with van der Waals surface area (Å²) in [5.41, 5.74) is 4.28. The molecule has 6 rings (SSSR count). The summed E-state index contributed by atoms with van der Waals surface area (Å²) in [6, 6.07) is 29.7. The summed E-state index contributed by atoms with van der Waals surface area (Å²) in [5, 5.41) is 8.70. The predicted octanol–water partition coefficient (Wildman–Crippen LogP) is 7.06. The first kappa shape index (κ1) is 25.7. The molecule has 0 bridgehead atoms. The molecule has 202 valence electrons. The molecule has 4 aromatic rings. The van der Waals surface area contributed by atoms with Gasteiger partial charge >= 0.3 is 0 Å². The Morgan fingerprint density at radius 3 is 2.35 bits per heavy atom. The molecule has 40 heavy (non-hydrogen) atoms. The lowest BCUT2D eigenvalue weighted by atomic mass is 9.77. The van der Waals surface area contributed by atoms with Crippen molar-refractivity contribution >= 4 is 28.5 Å². The quantitative estimate of drug-likeness (QED) is 0.256. The monoisotopic (exact) mass is 532 g/mol. The molecule has 6 heteroatoms. The van der Waals surface area contributed by atoms with Gasteiger partial charge in [0.25, 0.3) is 5.91 Å². The van der Waals surface area contributed by atoms with Crippen molar-refractivity contribution in [2.24, 2.45) is 11.0 Å². The Morgan fingerprint density at radius 1 is 0.900 bits per heavy atom. The first-order valence-electron chi connectivity index (χ1n) is 13.6. The Morgan fingerprint density at radius 2 is 1.60 bits per heavy atom. The van der Waals surface area contributed by atoms with Gasteiger partial charge in [0, 0.05) is 11.3 Å². The maximum absolute atomic E-state index is 13.8. The predicted molar refractivity (Wildman–Crippen MR) is 158 cm³/mol. The molecule has 2 aliphatic rings. The zero-order valence-corrected chi connectivity index (χ0v) is 22.7. The third kappa shape index (κ3) is 5.05. The molecular formula is C34H32N2O4. The summed E-state index contributed by atoms with van der Waals surface area (Å²) in [5.74, 6) is 2.23. The zero-order valence-electron chi connectivity index (χ0n) is 22.7. The fraction of sp³-hybridized carbons (Fsp3) is 0.235. The molecule has 1 aliphatic carbocycles. The van der Waals surface area contributed by atoms with Crippen molar-refractivity contribution in [3.63, 3.8) is 0 Å². The minimum absolute atomic E-state index is 0.0955. The second-order valence-electron chi connectivity index (χ2n) is 10.1. The Labute approximate surface area is 234 Å². The number of carbonyl (C=O) groups is 1. The summed E-state index contributed by atoms with van der Waals surface area (Å²) < 4.78 is 16.8. The van der Waals surface area contributed by atoms with Gasteiger partial charge < -0.3 is 14.2 Å². The van der Waals surface area contributed by atoms with Crippen molar-refractivity contribution in [2.45, 2.75) is 25.3 Å². The van der Waals surface area contributed by atoms with Crippen molar-refractivity contribution in [1.29, 1.82) is 0 Å². The third-order valence-corrected chi connectivity index (χ3v) is 7.77. The van der Waals surface area contributed by atoms with Crippen molar-refractivity contribution in [1.82, 2.24) is 5.01 Å². The molecule has 1 fully saturated rings. The van der Waals surface area contributed by atoms with Crippen LogP contribution in [0.3, 0.4) is 0 Å². The van der Waals surface area contributed by atoms with E-state index >= 15 is 0 Å². The van der Waals surface area contributed by atoms with Crippen molar-refractivity contribution in [2.75, 3.05) is 20.8 Å². The number of benzene rings is 4. The van der Waals surface area contributed by atoms with Gasteiger partial charge in [0.15, 0.2) is 6.61 Å². The van der Waals surface area contributed by atoms with Gasteiger partial charge in [-0.15, -0.1) is 0 Å². The Balaban J connectivity index is 1.32.